The Morgan fingerprint density at radius 3 is 2.50 bits per heavy atom. The highest BCUT2D eigenvalue weighted by Crippen LogP contribution is 2.60. The minimum atomic E-state index is -4.74. The molecule has 138 valence electrons. The molecule has 2 aromatic carbocycles. The van der Waals surface area contributed by atoms with E-state index < -0.39 is 28.7 Å². The lowest BCUT2D eigenvalue weighted by molar-refractivity contribution is -0.174. The van der Waals surface area contributed by atoms with Crippen LogP contribution < -0.4 is 4.74 Å². The van der Waals surface area contributed by atoms with Gasteiger partial charge in [-0.2, -0.15) is 13.2 Å². The molecule has 26 heavy (non-hydrogen) atoms. The summed E-state index contributed by atoms with van der Waals surface area (Å²) in [5.41, 5.74) is 0.0516. The molecule has 0 aromatic heterocycles. The van der Waals surface area contributed by atoms with E-state index in [9.17, 15) is 23.1 Å². The summed E-state index contributed by atoms with van der Waals surface area (Å²) in [6.45, 7) is 0. The standard InChI is InChI=1S/C19H17F3O3S/c1-25-14-9-5-8-13(10-14)18(19(20,21)22)16(15(23)11-26-18)17(24)12-6-3-2-4-7-12/h2-10,15-16,23H,11H2,1H3/t15-,16+,18-/m1/s1. The quantitative estimate of drug-likeness (QED) is 0.810. The van der Waals surface area contributed by atoms with Crippen LogP contribution in [0.2, 0.25) is 0 Å². The third kappa shape index (κ3) is 2.99. The minimum absolute atomic E-state index is 0.0971. The number of methoxy groups -OCH3 is 1. The van der Waals surface area contributed by atoms with Crippen molar-refractivity contribution < 1.29 is 27.8 Å². The Bertz CT molecular complexity index is 794. The van der Waals surface area contributed by atoms with E-state index in [0.29, 0.717) is 11.8 Å². The molecule has 0 saturated carbocycles. The number of rotatable bonds is 4. The summed E-state index contributed by atoms with van der Waals surface area (Å²) >= 11 is 0.557. The Labute approximate surface area is 153 Å². The first-order valence-electron chi connectivity index (χ1n) is 7.94. The van der Waals surface area contributed by atoms with Gasteiger partial charge < -0.3 is 9.84 Å². The number of benzene rings is 2. The molecule has 0 bridgehead atoms. The molecule has 3 atom stereocenters. The van der Waals surface area contributed by atoms with Crippen LogP contribution >= 0.6 is 11.8 Å². The Balaban J connectivity index is 2.18. The van der Waals surface area contributed by atoms with Crippen LogP contribution in [0.15, 0.2) is 54.6 Å². The van der Waals surface area contributed by atoms with Gasteiger partial charge in [-0.3, -0.25) is 4.79 Å². The van der Waals surface area contributed by atoms with Crippen molar-refractivity contribution in [3.8, 4) is 5.75 Å². The number of hydrogen-bond donors (Lipinski definition) is 1. The van der Waals surface area contributed by atoms with Crippen molar-refractivity contribution in [2.24, 2.45) is 5.92 Å². The maximum Gasteiger partial charge on any atom is 0.408 e. The molecule has 0 aliphatic carbocycles. The van der Waals surface area contributed by atoms with E-state index in [2.05, 4.69) is 0 Å². The van der Waals surface area contributed by atoms with Crippen molar-refractivity contribution in [2.45, 2.75) is 17.0 Å². The maximum atomic E-state index is 14.3. The average Bonchev–Trinajstić information content (AvgIpc) is 3.00. The average molecular weight is 382 g/mol. The van der Waals surface area contributed by atoms with Crippen LogP contribution in [-0.2, 0) is 4.75 Å². The van der Waals surface area contributed by atoms with Crippen molar-refractivity contribution in [1.29, 1.82) is 0 Å². The number of halogens is 3. The zero-order chi connectivity index (χ0) is 18.9. The molecule has 1 N–H and O–H groups in total. The van der Waals surface area contributed by atoms with Crippen molar-refractivity contribution in [1.82, 2.24) is 0 Å². The van der Waals surface area contributed by atoms with Gasteiger partial charge in [0.1, 0.15) is 10.5 Å². The predicted molar refractivity (Wildman–Crippen MR) is 93.5 cm³/mol. The summed E-state index contributed by atoms with van der Waals surface area (Å²) in [6, 6.07) is 13.4. The first kappa shape index (κ1) is 18.8. The SMILES string of the molecule is COc1cccc([C@@]2(C(F)(F)F)SC[C@@H](O)[C@H]2C(=O)c2ccccc2)c1. The zero-order valence-corrected chi connectivity index (χ0v) is 14.7. The Hall–Kier alpha value is -1.99. The van der Waals surface area contributed by atoms with Gasteiger partial charge in [-0.25, -0.2) is 0 Å². The first-order valence-corrected chi connectivity index (χ1v) is 8.92. The topological polar surface area (TPSA) is 46.5 Å². The number of carbonyl (C=O) groups excluding carboxylic acids is 1. The summed E-state index contributed by atoms with van der Waals surface area (Å²) in [4.78, 5) is 12.9. The lowest BCUT2D eigenvalue weighted by atomic mass is 9.77. The van der Waals surface area contributed by atoms with Crippen molar-refractivity contribution in [3.05, 3.63) is 65.7 Å². The molecule has 3 rings (SSSR count). The largest absolute Gasteiger partial charge is 0.497 e. The van der Waals surface area contributed by atoms with Gasteiger partial charge in [-0.1, -0.05) is 42.5 Å². The highest BCUT2D eigenvalue weighted by Gasteiger charge is 2.68. The van der Waals surface area contributed by atoms with Gasteiger partial charge in [0.05, 0.1) is 19.1 Å². The van der Waals surface area contributed by atoms with E-state index in [1.54, 1.807) is 18.2 Å². The molecule has 3 nitrogen and oxygen atoms in total. The van der Waals surface area contributed by atoms with E-state index in [1.165, 1.54) is 43.5 Å². The summed E-state index contributed by atoms with van der Waals surface area (Å²) in [5.74, 6) is -2.27. The number of thioether (sulfide) groups is 1. The second-order valence-electron chi connectivity index (χ2n) is 6.05. The van der Waals surface area contributed by atoms with Crippen LogP contribution in [0, 0.1) is 5.92 Å². The maximum absolute atomic E-state index is 14.3. The number of ether oxygens (including phenoxy) is 1. The minimum Gasteiger partial charge on any atom is -0.497 e. The molecular formula is C19H17F3O3S. The smallest absolute Gasteiger partial charge is 0.408 e. The predicted octanol–water partition coefficient (Wildman–Crippen LogP) is 4.06. The van der Waals surface area contributed by atoms with Gasteiger partial charge in [-0.15, -0.1) is 11.8 Å². The molecule has 1 fully saturated rings. The summed E-state index contributed by atoms with van der Waals surface area (Å²) < 4.78 is 45.5. The first-order chi connectivity index (χ1) is 12.3. The van der Waals surface area contributed by atoms with E-state index >= 15 is 0 Å². The number of carbonyl (C=O) groups is 1. The van der Waals surface area contributed by atoms with Gasteiger partial charge in [0.25, 0.3) is 0 Å². The fourth-order valence-corrected chi connectivity index (χ4v) is 4.88. The Morgan fingerprint density at radius 1 is 1.19 bits per heavy atom. The van der Waals surface area contributed by atoms with E-state index in [4.69, 9.17) is 4.74 Å². The molecular weight excluding hydrogens is 365 g/mol. The third-order valence-corrected chi connectivity index (χ3v) is 6.25. The number of ketones is 1. The number of aliphatic hydroxyl groups is 1. The molecule has 1 aliphatic rings. The Kier molecular flexibility index (Phi) is 5.03. The molecule has 7 heteroatoms. The lowest BCUT2D eigenvalue weighted by Crippen LogP contribution is -2.49. The number of alkyl halides is 3. The monoisotopic (exact) mass is 382 g/mol. The van der Waals surface area contributed by atoms with Crippen LogP contribution in [0.3, 0.4) is 0 Å². The van der Waals surface area contributed by atoms with Crippen LogP contribution in [0.4, 0.5) is 13.2 Å². The lowest BCUT2D eigenvalue weighted by Gasteiger charge is -2.37. The van der Waals surface area contributed by atoms with Crippen LogP contribution in [0.5, 0.6) is 5.75 Å². The molecule has 2 aromatic rings. The molecule has 1 aliphatic heterocycles. The summed E-state index contributed by atoms with van der Waals surface area (Å²) in [6.07, 6.45) is -6.14. The van der Waals surface area contributed by atoms with Gasteiger partial charge >= 0.3 is 6.18 Å². The molecule has 0 amide bonds. The fraction of sp³-hybridized carbons (Fsp3) is 0.316. The van der Waals surface area contributed by atoms with Gasteiger partial charge in [0.2, 0.25) is 0 Å². The van der Waals surface area contributed by atoms with E-state index in [-0.39, 0.29) is 22.6 Å². The van der Waals surface area contributed by atoms with Gasteiger partial charge in [0, 0.05) is 11.3 Å². The van der Waals surface area contributed by atoms with Crippen molar-refractivity contribution in [2.75, 3.05) is 12.9 Å². The van der Waals surface area contributed by atoms with E-state index in [0.717, 1.165) is 0 Å². The second-order valence-corrected chi connectivity index (χ2v) is 7.32. The molecule has 0 unspecified atom stereocenters. The molecule has 0 radical (unpaired) electrons. The zero-order valence-electron chi connectivity index (χ0n) is 13.9. The summed E-state index contributed by atoms with van der Waals surface area (Å²) in [5, 5.41) is 10.3. The molecule has 1 saturated heterocycles. The normalized spacial score (nSPS) is 25.9. The number of hydrogen-bond acceptors (Lipinski definition) is 4. The van der Waals surface area contributed by atoms with Crippen LogP contribution in [0.25, 0.3) is 0 Å². The summed E-state index contributed by atoms with van der Waals surface area (Å²) in [7, 11) is 1.36. The Morgan fingerprint density at radius 2 is 1.88 bits per heavy atom. The molecule has 1 heterocycles. The highest BCUT2D eigenvalue weighted by molar-refractivity contribution is 8.00. The highest BCUT2D eigenvalue weighted by atomic mass is 32.2. The van der Waals surface area contributed by atoms with Crippen LogP contribution in [0.1, 0.15) is 15.9 Å². The molecule has 0 spiro atoms. The van der Waals surface area contributed by atoms with Gasteiger partial charge in [-0.05, 0) is 17.7 Å². The van der Waals surface area contributed by atoms with E-state index in [1.807, 2.05) is 0 Å². The van der Waals surface area contributed by atoms with Crippen molar-refractivity contribution >= 4 is 17.5 Å². The van der Waals surface area contributed by atoms with Crippen molar-refractivity contribution in [3.63, 3.8) is 0 Å². The number of aliphatic hydroxyl groups excluding tert-OH is 1. The third-order valence-electron chi connectivity index (χ3n) is 4.57. The fourth-order valence-electron chi connectivity index (χ4n) is 3.35. The number of Topliss-reactive ketones (excluding diaryl/α,β-unsaturated/α-hetero) is 1. The second kappa shape index (κ2) is 6.96. The van der Waals surface area contributed by atoms with Gasteiger partial charge in [0.15, 0.2) is 5.78 Å². The van der Waals surface area contributed by atoms with Crippen LogP contribution in [-0.4, -0.2) is 36.0 Å².